The van der Waals surface area contributed by atoms with Crippen LogP contribution in [0.25, 0.3) is 0 Å². The molecule has 1 N–H and O–H groups in total. The summed E-state index contributed by atoms with van der Waals surface area (Å²) < 4.78 is 11.0. The first-order valence-corrected chi connectivity index (χ1v) is 7.53. The molecule has 1 heterocycles. The van der Waals surface area contributed by atoms with Crippen LogP contribution in [0.2, 0.25) is 0 Å². The first-order valence-electron chi connectivity index (χ1n) is 7.53. The van der Waals surface area contributed by atoms with Crippen molar-refractivity contribution in [3.8, 4) is 5.88 Å². The number of hydrogen-bond donors (Lipinski definition) is 1. The first-order chi connectivity index (χ1) is 10.9. The molecule has 0 saturated heterocycles. The Labute approximate surface area is 136 Å². The Morgan fingerprint density at radius 3 is 2.43 bits per heavy atom. The summed E-state index contributed by atoms with van der Waals surface area (Å²) in [5, 5.41) is 2.81. The Bertz CT molecular complexity index is 619. The van der Waals surface area contributed by atoms with Crippen LogP contribution in [0.4, 0.5) is 5.69 Å². The molecule has 1 aromatic heterocycles. The molecule has 2 rings (SSSR count). The Morgan fingerprint density at radius 2 is 1.83 bits per heavy atom. The van der Waals surface area contributed by atoms with Gasteiger partial charge >= 0.3 is 0 Å². The summed E-state index contributed by atoms with van der Waals surface area (Å²) in [4.78, 5) is 16.2. The van der Waals surface area contributed by atoms with Crippen LogP contribution < -0.4 is 10.1 Å². The minimum atomic E-state index is -0.202. The van der Waals surface area contributed by atoms with Crippen LogP contribution in [-0.4, -0.2) is 29.7 Å². The number of para-hydroxylation sites is 1. The molecule has 122 valence electrons. The van der Waals surface area contributed by atoms with E-state index >= 15 is 0 Å². The fourth-order valence-electron chi connectivity index (χ4n) is 1.82. The molecule has 1 aromatic carbocycles. The van der Waals surface area contributed by atoms with Crippen molar-refractivity contribution in [3.05, 3.63) is 54.2 Å². The summed E-state index contributed by atoms with van der Waals surface area (Å²) in [6.45, 7) is 6.88. The fraction of sp³-hybridized carbons (Fsp3) is 0.333. The molecule has 0 fully saturated rings. The van der Waals surface area contributed by atoms with Gasteiger partial charge in [-0.3, -0.25) is 4.79 Å². The Balaban J connectivity index is 1.83. The minimum absolute atomic E-state index is 0.184. The smallest absolute Gasteiger partial charge is 0.257 e. The molecule has 0 atom stereocenters. The predicted molar refractivity (Wildman–Crippen MR) is 89.8 cm³/mol. The fourth-order valence-corrected chi connectivity index (χ4v) is 1.82. The van der Waals surface area contributed by atoms with E-state index in [1.165, 1.54) is 6.20 Å². The highest BCUT2D eigenvalue weighted by Crippen LogP contribution is 2.12. The second-order valence-electron chi connectivity index (χ2n) is 6.01. The molecule has 0 bridgehead atoms. The zero-order chi connectivity index (χ0) is 16.7. The van der Waals surface area contributed by atoms with Gasteiger partial charge in [-0.25, -0.2) is 4.98 Å². The van der Waals surface area contributed by atoms with E-state index in [0.29, 0.717) is 24.7 Å². The third-order valence-corrected chi connectivity index (χ3v) is 2.90. The summed E-state index contributed by atoms with van der Waals surface area (Å²) >= 11 is 0. The van der Waals surface area contributed by atoms with Gasteiger partial charge in [-0.2, -0.15) is 0 Å². The van der Waals surface area contributed by atoms with Crippen LogP contribution >= 0.6 is 0 Å². The number of carbonyl (C=O) groups excluding carboxylic acids is 1. The molecular formula is C18H22N2O3. The number of rotatable bonds is 6. The number of anilines is 1. The highest BCUT2D eigenvalue weighted by molar-refractivity contribution is 6.04. The zero-order valence-corrected chi connectivity index (χ0v) is 13.7. The average Bonchev–Trinajstić information content (AvgIpc) is 2.52. The predicted octanol–water partition coefficient (Wildman–Crippen LogP) is 3.53. The van der Waals surface area contributed by atoms with Crippen molar-refractivity contribution in [3.63, 3.8) is 0 Å². The van der Waals surface area contributed by atoms with Crippen molar-refractivity contribution in [1.82, 2.24) is 4.98 Å². The van der Waals surface area contributed by atoms with Crippen molar-refractivity contribution in [2.45, 2.75) is 26.4 Å². The van der Waals surface area contributed by atoms with Crippen LogP contribution in [0.15, 0.2) is 48.7 Å². The number of benzene rings is 1. The lowest BCUT2D eigenvalue weighted by Crippen LogP contribution is -2.22. The molecule has 0 spiro atoms. The van der Waals surface area contributed by atoms with Gasteiger partial charge in [0.05, 0.1) is 17.8 Å². The molecule has 1 amide bonds. The standard InChI is InChI=1S/C18H22N2O3/c1-18(2,3)23-12-11-22-16-10-9-14(13-19-16)17(21)20-15-7-5-4-6-8-15/h4-10,13H,11-12H2,1-3H3,(H,20,21). The van der Waals surface area contributed by atoms with Gasteiger partial charge in [-0.15, -0.1) is 0 Å². The normalized spacial score (nSPS) is 11.1. The molecule has 0 aliphatic carbocycles. The van der Waals surface area contributed by atoms with Gasteiger partial charge in [0.25, 0.3) is 5.91 Å². The molecule has 5 nitrogen and oxygen atoms in total. The maximum absolute atomic E-state index is 12.1. The van der Waals surface area contributed by atoms with Crippen molar-refractivity contribution in [2.24, 2.45) is 0 Å². The zero-order valence-electron chi connectivity index (χ0n) is 13.7. The summed E-state index contributed by atoms with van der Waals surface area (Å²) in [5.74, 6) is 0.269. The van der Waals surface area contributed by atoms with E-state index in [1.54, 1.807) is 12.1 Å². The summed E-state index contributed by atoms with van der Waals surface area (Å²) in [7, 11) is 0. The highest BCUT2D eigenvalue weighted by atomic mass is 16.5. The van der Waals surface area contributed by atoms with E-state index in [4.69, 9.17) is 9.47 Å². The summed E-state index contributed by atoms with van der Waals surface area (Å²) in [5.41, 5.74) is 1.04. The Kier molecular flexibility index (Phi) is 5.71. The second kappa shape index (κ2) is 7.74. The van der Waals surface area contributed by atoms with Gasteiger partial charge in [-0.05, 0) is 39.0 Å². The average molecular weight is 314 g/mol. The molecule has 0 aliphatic heterocycles. The van der Waals surface area contributed by atoms with Gasteiger partial charge in [0.15, 0.2) is 0 Å². The van der Waals surface area contributed by atoms with Crippen molar-refractivity contribution in [2.75, 3.05) is 18.5 Å². The lowest BCUT2D eigenvalue weighted by atomic mass is 10.2. The van der Waals surface area contributed by atoms with E-state index in [0.717, 1.165) is 5.69 Å². The second-order valence-corrected chi connectivity index (χ2v) is 6.01. The third-order valence-electron chi connectivity index (χ3n) is 2.90. The quantitative estimate of drug-likeness (QED) is 0.829. The number of ether oxygens (including phenoxy) is 2. The van der Waals surface area contributed by atoms with Crippen LogP contribution in [-0.2, 0) is 4.74 Å². The van der Waals surface area contributed by atoms with Gasteiger partial charge in [0.2, 0.25) is 5.88 Å². The molecule has 0 unspecified atom stereocenters. The molecule has 2 aromatic rings. The Hall–Kier alpha value is -2.40. The van der Waals surface area contributed by atoms with Crippen molar-refractivity contribution in [1.29, 1.82) is 0 Å². The van der Waals surface area contributed by atoms with E-state index in [2.05, 4.69) is 10.3 Å². The highest BCUT2D eigenvalue weighted by Gasteiger charge is 2.10. The third kappa shape index (κ3) is 6.08. The first kappa shape index (κ1) is 17.0. The number of nitrogens with zero attached hydrogens (tertiary/aromatic N) is 1. The van der Waals surface area contributed by atoms with E-state index in [9.17, 15) is 4.79 Å². The van der Waals surface area contributed by atoms with Crippen molar-refractivity contribution >= 4 is 11.6 Å². The number of aromatic nitrogens is 1. The topological polar surface area (TPSA) is 60.5 Å². The van der Waals surface area contributed by atoms with Crippen LogP contribution in [0.3, 0.4) is 0 Å². The lowest BCUT2D eigenvalue weighted by Gasteiger charge is -2.19. The minimum Gasteiger partial charge on any atom is -0.475 e. The van der Waals surface area contributed by atoms with Crippen LogP contribution in [0, 0.1) is 0 Å². The van der Waals surface area contributed by atoms with Gasteiger partial charge < -0.3 is 14.8 Å². The number of nitrogens with one attached hydrogen (secondary N) is 1. The Morgan fingerprint density at radius 1 is 1.09 bits per heavy atom. The largest absolute Gasteiger partial charge is 0.475 e. The monoisotopic (exact) mass is 314 g/mol. The van der Waals surface area contributed by atoms with Gasteiger partial charge in [-0.1, -0.05) is 18.2 Å². The molecule has 0 saturated carbocycles. The SMILES string of the molecule is CC(C)(C)OCCOc1ccc(C(=O)Nc2ccccc2)cn1. The van der Waals surface area contributed by atoms with Gasteiger partial charge in [0.1, 0.15) is 6.61 Å². The van der Waals surface area contributed by atoms with E-state index in [1.807, 2.05) is 51.1 Å². The molecule has 0 aliphatic rings. The molecule has 23 heavy (non-hydrogen) atoms. The van der Waals surface area contributed by atoms with Crippen LogP contribution in [0.5, 0.6) is 5.88 Å². The maximum atomic E-state index is 12.1. The number of carbonyl (C=O) groups is 1. The molecule has 5 heteroatoms. The number of hydrogen-bond acceptors (Lipinski definition) is 4. The summed E-state index contributed by atoms with van der Waals surface area (Å²) in [6.07, 6.45) is 1.50. The van der Waals surface area contributed by atoms with E-state index < -0.39 is 0 Å². The summed E-state index contributed by atoms with van der Waals surface area (Å²) in [6, 6.07) is 12.7. The number of pyridine rings is 1. The maximum Gasteiger partial charge on any atom is 0.257 e. The molecule has 0 radical (unpaired) electrons. The lowest BCUT2D eigenvalue weighted by molar-refractivity contribution is -0.0168. The molecular weight excluding hydrogens is 292 g/mol. The van der Waals surface area contributed by atoms with Crippen LogP contribution in [0.1, 0.15) is 31.1 Å². The van der Waals surface area contributed by atoms with E-state index in [-0.39, 0.29) is 11.5 Å². The number of amides is 1. The van der Waals surface area contributed by atoms with Gasteiger partial charge in [0, 0.05) is 18.0 Å². The van der Waals surface area contributed by atoms with Crippen molar-refractivity contribution < 1.29 is 14.3 Å².